The van der Waals surface area contributed by atoms with Crippen LogP contribution in [-0.2, 0) is 6.42 Å². The van der Waals surface area contributed by atoms with Gasteiger partial charge in [0.1, 0.15) is 11.4 Å². The lowest BCUT2D eigenvalue weighted by atomic mass is 10.1. The summed E-state index contributed by atoms with van der Waals surface area (Å²) >= 11 is 5.87. The Hall–Kier alpha value is -3.12. The molecule has 6 nitrogen and oxygen atoms in total. The van der Waals surface area contributed by atoms with Crippen molar-refractivity contribution in [2.45, 2.75) is 6.42 Å². The van der Waals surface area contributed by atoms with Crippen molar-refractivity contribution in [3.63, 3.8) is 0 Å². The second-order valence-electron chi connectivity index (χ2n) is 5.72. The molecule has 0 saturated carbocycles. The Kier molecular flexibility index (Phi) is 6.22. The molecule has 138 valence electrons. The molecule has 0 fully saturated rings. The van der Waals surface area contributed by atoms with E-state index in [-0.39, 0.29) is 5.91 Å². The molecule has 0 bridgehead atoms. The highest BCUT2D eigenvalue weighted by Crippen LogP contribution is 2.25. The van der Waals surface area contributed by atoms with Crippen LogP contribution in [0, 0.1) is 0 Å². The second kappa shape index (κ2) is 9.00. The lowest BCUT2D eigenvalue weighted by Crippen LogP contribution is -2.26. The number of carbonyl (C=O) groups is 1. The number of rotatable bonds is 7. The fraction of sp³-hybridized carbons (Fsp3) is 0.150. The van der Waals surface area contributed by atoms with Crippen molar-refractivity contribution in [3.8, 4) is 5.75 Å². The summed E-state index contributed by atoms with van der Waals surface area (Å²) in [6, 6.07) is 16.5. The minimum absolute atomic E-state index is 0.255. The van der Waals surface area contributed by atoms with E-state index in [1.807, 2.05) is 48.5 Å². The summed E-state index contributed by atoms with van der Waals surface area (Å²) in [4.78, 5) is 20.8. The SMILES string of the molecule is COc1ccccc1Nc1nccc(C(=O)NCCc2ccc(Cl)cc2)n1. The van der Waals surface area contributed by atoms with Crippen LogP contribution in [0.3, 0.4) is 0 Å². The molecule has 1 aromatic heterocycles. The molecule has 0 spiro atoms. The van der Waals surface area contributed by atoms with Crippen LogP contribution in [0.5, 0.6) is 5.75 Å². The first-order valence-electron chi connectivity index (χ1n) is 8.41. The molecule has 0 saturated heterocycles. The van der Waals surface area contributed by atoms with Crippen LogP contribution in [0.1, 0.15) is 16.1 Å². The van der Waals surface area contributed by atoms with Crippen molar-refractivity contribution in [3.05, 3.63) is 77.1 Å². The molecule has 3 rings (SSSR count). The van der Waals surface area contributed by atoms with Gasteiger partial charge in [-0.05, 0) is 42.3 Å². The average molecular weight is 383 g/mol. The number of hydrogen-bond acceptors (Lipinski definition) is 5. The lowest BCUT2D eigenvalue weighted by Gasteiger charge is -2.10. The minimum atomic E-state index is -0.255. The molecule has 0 radical (unpaired) electrons. The molecule has 0 unspecified atom stereocenters. The monoisotopic (exact) mass is 382 g/mol. The number of carbonyl (C=O) groups excluding carboxylic acids is 1. The van der Waals surface area contributed by atoms with E-state index in [2.05, 4.69) is 20.6 Å². The zero-order valence-electron chi connectivity index (χ0n) is 14.8. The maximum Gasteiger partial charge on any atom is 0.270 e. The van der Waals surface area contributed by atoms with Gasteiger partial charge in [-0.25, -0.2) is 9.97 Å². The quantitative estimate of drug-likeness (QED) is 0.649. The molecule has 2 N–H and O–H groups in total. The third-order valence-corrected chi connectivity index (χ3v) is 4.11. The first-order chi connectivity index (χ1) is 13.2. The van der Waals surface area contributed by atoms with Crippen molar-refractivity contribution in [1.29, 1.82) is 0 Å². The first kappa shape index (κ1) is 18.7. The summed E-state index contributed by atoms with van der Waals surface area (Å²) in [6.07, 6.45) is 2.25. The number of aromatic nitrogens is 2. The average Bonchev–Trinajstić information content (AvgIpc) is 2.70. The Morgan fingerprint density at radius 2 is 1.89 bits per heavy atom. The van der Waals surface area contributed by atoms with Crippen molar-refractivity contribution < 1.29 is 9.53 Å². The smallest absolute Gasteiger partial charge is 0.270 e. The Morgan fingerprint density at radius 1 is 1.11 bits per heavy atom. The molecule has 0 aliphatic rings. The van der Waals surface area contributed by atoms with Crippen molar-refractivity contribution >= 4 is 29.1 Å². The number of anilines is 2. The van der Waals surface area contributed by atoms with Crippen molar-refractivity contribution in [2.75, 3.05) is 19.0 Å². The van der Waals surface area contributed by atoms with Gasteiger partial charge in [-0.15, -0.1) is 0 Å². The topological polar surface area (TPSA) is 76.1 Å². The summed E-state index contributed by atoms with van der Waals surface area (Å²) in [5.41, 5.74) is 2.11. The van der Waals surface area contributed by atoms with Gasteiger partial charge in [-0.2, -0.15) is 0 Å². The standard InChI is InChI=1S/C20H19ClN4O2/c1-27-18-5-3-2-4-16(18)24-20-23-13-11-17(25-20)19(26)22-12-10-14-6-8-15(21)9-7-14/h2-9,11,13H,10,12H2,1H3,(H,22,26)(H,23,24,25). The normalized spacial score (nSPS) is 10.3. The molecule has 7 heteroatoms. The maximum atomic E-state index is 12.3. The highest BCUT2D eigenvalue weighted by molar-refractivity contribution is 6.30. The van der Waals surface area contributed by atoms with E-state index in [9.17, 15) is 4.79 Å². The van der Waals surface area contributed by atoms with Gasteiger partial charge < -0.3 is 15.4 Å². The van der Waals surface area contributed by atoms with Gasteiger partial charge in [-0.3, -0.25) is 4.79 Å². The number of para-hydroxylation sites is 2. The number of amides is 1. The summed E-state index contributed by atoms with van der Waals surface area (Å²) < 4.78 is 5.29. The van der Waals surface area contributed by atoms with Crippen molar-refractivity contribution in [2.24, 2.45) is 0 Å². The Balaban J connectivity index is 1.60. The molecular formula is C20H19ClN4O2. The van der Waals surface area contributed by atoms with Crippen LogP contribution in [-0.4, -0.2) is 29.5 Å². The van der Waals surface area contributed by atoms with Gasteiger partial charge in [-0.1, -0.05) is 35.9 Å². The largest absolute Gasteiger partial charge is 0.495 e. The van der Waals surface area contributed by atoms with E-state index in [1.165, 1.54) is 0 Å². The number of nitrogens with one attached hydrogen (secondary N) is 2. The third-order valence-electron chi connectivity index (χ3n) is 3.85. The molecule has 0 aliphatic heterocycles. The van der Waals surface area contributed by atoms with Crippen LogP contribution < -0.4 is 15.4 Å². The second-order valence-corrected chi connectivity index (χ2v) is 6.16. The summed E-state index contributed by atoms with van der Waals surface area (Å²) in [5.74, 6) is 0.734. The van der Waals surface area contributed by atoms with E-state index in [1.54, 1.807) is 19.4 Å². The number of nitrogens with zero attached hydrogens (tertiary/aromatic N) is 2. The van der Waals surface area contributed by atoms with Crippen LogP contribution >= 0.6 is 11.6 Å². The zero-order valence-corrected chi connectivity index (χ0v) is 15.5. The van der Waals surface area contributed by atoms with E-state index in [0.29, 0.717) is 35.4 Å². The predicted molar refractivity (Wildman–Crippen MR) is 106 cm³/mol. The summed E-state index contributed by atoms with van der Waals surface area (Å²) in [6.45, 7) is 0.500. The fourth-order valence-corrected chi connectivity index (χ4v) is 2.60. The summed E-state index contributed by atoms with van der Waals surface area (Å²) in [5, 5.41) is 6.62. The summed E-state index contributed by atoms with van der Waals surface area (Å²) in [7, 11) is 1.59. The van der Waals surface area contributed by atoms with Crippen LogP contribution in [0.4, 0.5) is 11.6 Å². The van der Waals surface area contributed by atoms with Gasteiger partial charge in [0, 0.05) is 17.8 Å². The van der Waals surface area contributed by atoms with E-state index >= 15 is 0 Å². The van der Waals surface area contributed by atoms with Crippen LogP contribution in [0.15, 0.2) is 60.8 Å². The zero-order chi connectivity index (χ0) is 19.1. The predicted octanol–water partition coefficient (Wildman–Crippen LogP) is 3.85. The Morgan fingerprint density at radius 3 is 2.67 bits per heavy atom. The molecule has 3 aromatic rings. The first-order valence-corrected chi connectivity index (χ1v) is 8.79. The molecule has 0 atom stereocenters. The van der Waals surface area contributed by atoms with E-state index < -0.39 is 0 Å². The Bertz CT molecular complexity index is 916. The number of hydrogen-bond donors (Lipinski definition) is 2. The molecule has 1 heterocycles. The highest BCUT2D eigenvalue weighted by Gasteiger charge is 2.10. The Labute approximate surface area is 162 Å². The molecular weight excluding hydrogens is 364 g/mol. The van der Waals surface area contributed by atoms with Crippen LogP contribution in [0.25, 0.3) is 0 Å². The van der Waals surface area contributed by atoms with Gasteiger partial charge in [0.2, 0.25) is 5.95 Å². The molecule has 0 aliphatic carbocycles. The number of benzene rings is 2. The number of ether oxygens (including phenoxy) is 1. The number of halogens is 1. The van der Waals surface area contributed by atoms with Gasteiger partial charge in [0.25, 0.3) is 5.91 Å². The molecule has 2 aromatic carbocycles. The van der Waals surface area contributed by atoms with Gasteiger partial charge >= 0.3 is 0 Å². The van der Waals surface area contributed by atoms with E-state index in [4.69, 9.17) is 16.3 Å². The highest BCUT2D eigenvalue weighted by atomic mass is 35.5. The lowest BCUT2D eigenvalue weighted by molar-refractivity contribution is 0.0949. The van der Waals surface area contributed by atoms with E-state index in [0.717, 1.165) is 11.3 Å². The third kappa shape index (κ3) is 5.18. The maximum absolute atomic E-state index is 12.3. The fourth-order valence-electron chi connectivity index (χ4n) is 2.48. The number of methoxy groups -OCH3 is 1. The van der Waals surface area contributed by atoms with Crippen molar-refractivity contribution in [1.82, 2.24) is 15.3 Å². The van der Waals surface area contributed by atoms with Crippen LogP contribution in [0.2, 0.25) is 5.02 Å². The molecule has 1 amide bonds. The minimum Gasteiger partial charge on any atom is -0.495 e. The van der Waals surface area contributed by atoms with Gasteiger partial charge in [0.15, 0.2) is 0 Å². The van der Waals surface area contributed by atoms with Gasteiger partial charge in [0.05, 0.1) is 12.8 Å². The molecule has 27 heavy (non-hydrogen) atoms.